The van der Waals surface area contributed by atoms with Gasteiger partial charge in [0.25, 0.3) is 0 Å². The Bertz CT molecular complexity index is 530. The molecule has 1 unspecified atom stereocenters. The molecule has 4 heteroatoms. The molecule has 0 aromatic carbocycles. The number of rotatable bonds is 6. The minimum absolute atomic E-state index is 0.415. The second kappa shape index (κ2) is 6.35. The van der Waals surface area contributed by atoms with Crippen LogP contribution in [0, 0.1) is 0 Å². The molecule has 0 saturated carbocycles. The molecule has 0 saturated heterocycles. The van der Waals surface area contributed by atoms with Crippen LogP contribution in [0.25, 0.3) is 0 Å². The summed E-state index contributed by atoms with van der Waals surface area (Å²) in [5.41, 5.74) is 3.49. The average Bonchev–Trinajstić information content (AvgIpc) is 3.04. The van der Waals surface area contributed by atoms with Gasteiger partial charge in [0, 0.05) is 23.5 Å². The van der Waals surface area contributed by atoms with Gasteiger partial charge in [-0.05, 0) is 42.8 Å². The van der Waals surface area contributed by atoms with Crippen LogP contribution in [0.1, 0.15) is 48.7 Å². The number of hydrogen-bond donors (Lipinski definition) is 1. The lowest BCUT2D eigenvalue weighted by molar-refractivity contribution is 0.178. The smallest absolute Gasteiger partial charge is 0.0939 e. The summed E-state index contributed by atoms with van der Waals surface area (Å²) in [5.74, 6) is 0. The van der Waals surface area contributed by atoms with E-state index in [4.69, 9.17) is 0 Å². The zero-order valence-electron chi connectivity index (χ0n) is 11.9. The molecular weight excluding hydrogens is 256 g/mol. The summed E-state index contributed by atoms with van der Waals surface area (Å²) >= 11 is 1.65. The first kappa shape index (κ1) is 14.3. The highest BCUT2D eigenvalue weighted by Crippen LogP contribution is 2.27. The highest BCUT2D eigenvalue weighted by molar-refractivity contribution is 7.10. The third kappa shape index (κ3) is 3.07. The molecule has 0 fully saturated rings. The molecule has 2 aromatic rings. The van der Waals surface area contributed by atoms with Crippen LogP contribution in [0.2, 0.25) is 0 Å². The number of hydrogen-bond acceptors (Lipinski definition) is 3. The van der Waals surface area contributed by atoms with Crippen LogP contribution in [0.4, 0.5) is 0 Å². The molecule has 2 rings (SSSR count). The average molecular weight is 278 g/mol. The molecule has 0 bridgehead atoms. The van der Waals surface area contributed by atoms with E-state index in [0.717, 1.165) is 35.7 Å². The van der Waals surface area contributed by atoms with E-state index < -0.39 is 6.10 Å². The largest absolute Gasteiger partial charge is 0.387 e. The van der Waals surface area contributed by atoms with Crippen LogP contribution >= 0.6 is 11.3 Å². The zero-order valence-corrected chi connectivity index (χ0v) is 12.7. The van der Waals surface area contributed by atoms with Gasteiger partial charge in [-0.1, -0.05) is 13.8 Å². The number of thiophene rings is 1. The van der Waals surface area contributed by atoms with Crippen LogP contribution < -0.4 is 0 Å². The molecule has 0 amide bonds. The fourth-order valence-electron chi connectivity index (χ4n) is 2.35. The molecule has 0 aliphatic heterocycles. The Hall–Kier alpha value is -1.13. The fraction of sp³-hybridized carbons (Fsp3) is 0.533. The van der Waals surface area contributed by atoms with Crippen molar-refractivity contribution >= 4 is 11.3 Å². The van der Waals surface area contributed by atoms with E-state index in [1.165, 1.54) is 5.56 Å². The standard InChI is InChI=1S/C15H22N2OS/c1-4-11-7-8-19-15(11)14(18)10-13-9-12(5-2)16-17(13)6-3/h7-9,14,18H,4-6,10H2,1-3H3. The fourth-order valence-corrected chi connectivity index (χ4v) is 3.33. The number of aryl methyl sites for hydroxylation is 3. The van der Waals surface area contributed by atoms with Gasteiger partial charge in [-0.3, -0.25) is 4.68 Å². The van der Waals surface area contributed by atoms with E-state index in [9.17, 15) is 5.11 Å². The van der Waals surface area contributed by atoms with Crippen LogP contribution in [-0.4, -0.2) is 14.9 Å². The Morgan fingerprint density at radius 1 is 1.32 bits per heavy atom. The summed E-state index contributed by atoms with van der Waals surface area (Å²) in [4.78, 5) is 1.10. The lowest BCUT2D eigenvalue weighted by Crippen LogP contribution is -2.08. The summed E-state index contributed by atoms with van der Waals surface area (Å²) in [6.07, 6.45) is 2.15. The lowest BCUT2D eigenvalue weighted by atomic mass is 10.1. The monoisotopic (exact) mass is 278 g/mol. The van der Waals surface area contributed by atoms with Crippen LogP contribution in [-0.2, 0) is 25.8 Å². The van der Waals surface area contributed by atoms with Gasteiger partial charge in [-0.15, -0.1) is 11.3 Å². The van der Waals surface area contributed by atoms with Crippen molar-refractivity contribution in [2.75, 3.05) is 0 Å². The molecule has 0 aliphatic carbocycles. The Morgan fingerprint density at radius 2 is 2.11 bits per heavy atom. The topological polar surface area (TPSA) is 38.0 Å². The molecule has 1 atom stereocenters. The van der Waals surface area contributed by atoms with Crippen LogP contribution in [0.5, 0.6) is 0 Å². The predicted octanol–water partition coefficient (Wildman–Crippen LogP) is 3.37. The minimum Gasteiger partial charge on any atom is -0.387 e. The zero-order chi connectivity index (χ0) is 13.8. The summed E-state index contributed by atoms with van der Waals surface area (Å²) in [6.45, 7) is 7.18. The number of nitrogens with zero attached hydrogens (tertiary/aromatic N) is 2. The molecule has 0 radical (unpaired) electrons. The van der Waals surface area contributed by atoms with Crippen molar-refractivity contribution in [1.29, 1.82) is 0 Å². The highest BCUT2D eigenvalue weighted by atomic mass is 32.1. The van der Waals surface area contributed by atoms with Crippen molar-refractivity contribution in [1.82, 2.24) is 9.78 Å². The Kier molecular flexibility index (Phi) is 4.77. The van der Waals surface area contributed by atoms with Crippen molar-refractivity contribution in [3.8, 4) is 0 Å². The second-order valence-electron chi connectivity index (χ2n) is 4.68. The van der Waals surface area contributed by atoms with E-state index in [-0.39, 0.29) is 0 Å². The maximum atomic E-state index is 10.4. The first-order valence-electron chi connectivity index (χ1n) is 6.99. The van der Waals surface area contributed by atoms with Gasteiger partial charge in [0.2, 0.25) is 0 Å². The number of aliphatic hydroxyl groups excluding tert-OH is 1. The van der Waals surface area contributed by atoms with Gasteiger partial charge < -0.3 is 5.11 Å². The van der Waals surface area contributed by atoms with Gasteiger partial charge in [0.15, 0.2) is 0 Å². The van der Waals surface area contributed by atoms with Gasteiger partial charge in [0.05, 0.1) is 11.8 Å². The van der Waals surface area contributed by atoms with E-state index in [1.54, 1.807) is 11.3 Å². The molecule has 1 N–H and O–H groups in total. The van der Waals surface area contributed by atoms with E-state index in [2.05, 4.69) is 43.4 Å². The molecular formula is C15H22N2OS. The molecule has 2 aromatic heterocycles. The van der Waals surface area contributed by atoms with Crippen molar-refractivity contribution in [3.63, 3.8) is 0 Å². The molecule has 19 heavy (non-hydrogen) atoms. The SMILES string of the molecule is CCc1cc(CC(O)c2sccc2CC)n(CC)n1. The lowest BCUT2D eigenvalue weighted by Gasteiger charge is -2.12. The number of aromatic nitrogens is 2. The van der Waals surface area contributed by atoms with Crippen molar-refractivity contribution in [3.05, 3.63) is 39.3 Å². The van der Waals surface area contributed by atoms with Crippen molar-refractivity contribution < 1.29 is 5.11 Å². The maximum absolute atomic E-state index is 10.4. The predicted molar refractivity (Wildman–Crippen MR) is 79.6 cm³/mol. The summed E-state index contributed by atoms with van der Waals surface area (Å²) in [7, 11) is 0. The summed E-state index contributed by atoms with van der Waals surface area (Å²) in [6, 6.07) is 4.23. The van der Waals surface area contributed by atoms with Crippen LogP contribution in [0.15, 0.2) is 17.5 Å². The third-order valence-electron chi connectivity index (χ3n) is 3.44. The molecule has 0 spiro atoms. The molecule has 104 valence electrons. The molecule has 3 nitrogen and oxygen atoms in total. The number of aliphatic hydroxyl groups is 1. The highest BCUT2D eigenvalue weighted by Gasteiger charge is 2.16. The Morgan fingerprint density at radius 3 is 2.74 bits per heavy atom. The van der Waals surface area contributed by atoms with E-state index in [0.29, 0.717) is 6.42 Å². The third-order valence-corrected chi connectivity index (χ3v) is 4.50. The van der Waals surface area contributed by atoms with Gasteiger partial charge in [-0.25, -0.2) is 0 Å². The Labute approximate surface area is 118 Å². The normalized spacial score (nSPS) is 12.8. The summed E-state index contributed by atoms with van der Waals surface area (Å²) < 4.78 is 2.00. The maximum Gasteiger partial charge on any atom is 0.0939 e. The summed E-state index contributed by atoms with van der Waals surface area (Å²) in [5, 5.41) is 17.0. The first-order chi connectivity index (χ1) is 9.19. The first-order valence-corrected chi connectivity index (χ1v) is 7.87. The van der Waals surface area contributed by atoms with Gasteiger partial charge >= 0.3 is 0 Å². The Balaban J connectivity index is 2.18. The minimum atomic E-state index is -0.415. The molecule has 0 aliphatic rings. The van der Waals surface area contributed by atoms with Gasteiger partial charge in [-0.2, -0.15) is 5.10 Å². The van der Waals surface area contributed by atoms with Crippen molar-refractivity contribution in [2.45, 2.75) is 52.7 Å². The van der Waals surface area contributed by atoms with Crippen molar-refractivity contribution in [2.24, 2.45) is 0 Å². The quantitative estimate of drug-likeness (QED) is 0.880. The second-order valence-corrected chi connectivity index (χ2v) is 5.63. The van der Waals surface area contributed by atoms with Gasteiger partial charge in [0.1, 0.15) is 0 Å². The van der Waals surface area contributed by atoms with Crippen LogP contribution in [0.3, 0.4) is 0 Å². The van der Waals surface area contributed by atoms with E-state index in [1.807, 2.05) is 4.68 Å². The molecule has 2 heterocycles. The van der Waals surface area contributed by atoms with E-state index >= 15 is 0 Å².